The van der Waals surface area contributed by atoms with E-state index in [4.69, 9.17) is 4.74 Å². The number of halogens is 1. The van der Waals surface area contributed by atoms with Crippen molar-refractivity contribution in [3.05, 3.63) is 53.8 Å². The number of hydrogen-bond donors (Lipinski definition) is 1. The summed E-state index contributed by atoms with van der Waals surface area (Å²) in [5.74, 6) is -0.0622. The fourth-order valence-corrected chi connectivity index (χ4v) is 2.22. The number of benzene rings is 2. The maximum atomic E-state index is 13.5. The average Bonchev–Trinajstić information content (AvgIpc) is 2.45. The quantitative estimate of drug-likeness (QED) is 0.829. The van der Waals surface area contributed by atoms with Crippen molar-refractivity contribution in [1.29, 1.82) is 0 Å². The summed E-state index contributed by atoms with van der Waals surface area (Å²) in [5, 5.41) is 3.28. The van der Waals surface area contributed by atoms with E-state index in [2.05, 4.69) is 17.4 Å². The number of ether oxygens (including phenoxy) is 1. The lowest BCUT2D eigenvalue weighted by atomic mass is 10.2. The first-order valence-corrected chi connectivity index (χ1v) is 7.15. The van der Waals surface area contributed by atoms with Gasteiger partial charge in [0.1, 0.15) is 0 Å². The Hall–Kier alpha value is -1.68. The summed E-state index contributed by atoms with van der Waals surface area (Å²) in [6.45, 7) is 0.582. The molecule has 0 atom stereocenters. The summed E-state index contributed by atoms with van der Waals surface area (Å²) in [4.78, 5) is 1.20. The first kappa shape index (κ1) is 13.7. The van der Waals surface area contributed by atoms with Gasteiger partial charge in [-0.2, -0.15) is 0 Å². The summed E-state index contributed by atoms with van der Waals surface area (Å²) in [5.41, 5.74) is 1.91. The lowest BCUT2D eigenvalue weighted by molar-refractivity contribution is 0.386. The molecule has 0 heterocycles. The molecule has 2 aromatic carbocycles. The Morgan fingerprint density at radius 3 is 2.74 bits per heavy atom. The van der Waals surface area contributed by atoms with Crippen LogP contribution in [0.4, 0.5) is 10.1 Å². The third-order valence-corrected chi connectivity index (χ3v) is 3.51. The van der Waals surface area contributed by atoms with Crippen molar-refractivity contribution in [2.45, 2.75) is 11.4 Å². The first-order valence-electron chi connectivity index (χ1n) is 5.93. The molecule has 2 rings (SSSR count). The number of rotatable bonds is 5. The van der Waals surface area contributed by atoms with Gasteiger partial charge in [-0.15, -0.1) is 11.8 Å². The predicted octanol–water partition coefficient (Wildman–Crippen LogP) is 4.17. The SMILES string of the molecule is COc1ccc(CNc2cccc(SC)c2)cc1F. The number of thioether (sulfide) groups is 1. The van der Waals surface area contributed by atoms with Crippen LogP contribution in [0.5, 0.6) is 5.75 Å². The summed E-state index contributed by atoms with van der Waals surface area (Å²) < 4.78 is 18.4. The zero-order valence-corrected chi connectivity index (χ0v) is 11.8. The predicted molar refractivity (Wildman–Crippen MR) is 78.5 cm³/mol. The Morgan fingerprint density at radius 1 is 1.21 bits per heavy atom. The van der Waals surface area contributed by atoms with Gasteiger partial charge in [-0.05, 0) is 42.2 Å². The molecule has 0 spiro atoms. The molecule has 2 nitrogen and oxygen atoms in total. The van der Waals surface area contributed by atoms with Crippen LogP contribution in [0, 0.1) is 5.82 Å². The summed E-state index contributed by atoms with van der Waals surface area (Å²) in [6.07, 6.45) is 2.04. The van der Waals surface area contributed by atoms with Crippen molar-refractivity contribution in [2.24, 2.45) is 0 Å². The third kappa shape index (κ3) is 3.64. The molecular weight excluding hydrogens is 261 g/mol. The maximum absolute atomic E-state index is 13.5. The van der Waals surface area contributed by atoms with E-state index < -0.39 is 0 Å². The van der Waals surface area contributed by atoms with Gasteiger partial charge >= 0.3 is 0 Å². The Kier molecular flexibility index (Phi) is 4.68. The second-order valence-electron chi connectivity index (χ2n) is 4.05. The van der Waals surface area contributed by atoms with E-state index in [1.807, 2.05) is 24.5 Å². The fraction of sp³-hybridized carbons (Fsp3) is 0.200. The molecule has 0 fully saturated rings. The highest BCUT2D eigenvalue weighted by Gasteiger charge is 2.03. The van der Waals surface area contributed by atoms with Gasteiger partial charge < -0.3 is 10.1 Å². The maximum Gasteiger partial charge on any atom is 0.165 e. The van der Waals surface area contributed by atoms with Crippen molar-refractivity contribution < 1.29 is 9.13 Å². The molecule has 0 bridgehead atoms. The van der Waals surface area contributed by atoms with Gasteiger partial charge in [0.05, 0.1) is 7.11 Å². The van der Waals surface area contributed by atoms with E-state index >= 15 is 0 Å². The van der Waals surface area contributed by atoms with Crippen molar-refractivity contribution in [3.8, 4) is 5.75 Å². The van der Waals surface area contributed by atoms with Gasteiger partial charge in [0.2, 0.25) is 0 Å². The molecule has 0 aliphatic heterocycles. The van der Waals surface area contributed by atoms with E-state index in [0.717, 1.165) is 11.3 Å². The molecule has 100 valence electrons. The summed E-state index contributed by atoms with van der Waals surface area (Å²) in [6, 6.07) is 13.1. The molecule has 0 aliphatic rings. The molecule has 2 aromatic rings. The average molecular weight is 277 g/mol. The monoisotopic (exact) mass is 277 g/mol. The van der Waals surface area contributed by atoms with Gasteiger partial charge in [0.25, 0.3) is 0 Å². The van der Waals surface area contributed by atoms with Crippen LogP contribution in [0.2, 0.25) is 0 Å². The van der Waals surface area contributed by atoms with Gasteiger partial charge in [-0.25, -0.2) is 4.39 Å². The van der Waals surface area contributed by atoms with E-state index in [-0.39, 0.29) is 11.6 Å². The van der Waals surface area contributed by atoms with Crippen molar-refractivity contribution in [1.82, 2.24) is 0 Å². The van der Waals surface area contributed by atoms with Crippen LogP contribution in [0.15, 0.2) is 47.4 Å². The zero-order valence-electron chi connectivity index (χ0n) is 10.9. The Morgan fingerprint density at radius 2 is 2.05 bits per heavy atom. The Labute approximate surface area is 117 Å². The van der Waals surface area contributed by atoms with E-state index in [1.54, 1.807) is 17.8 Å². The molecule has 0 radical (unpaired) electrons. The topological polar surface area (TPSA) is 21.3 Å². The second-order valence-corrected chi connectivity index (χ2v) is 4.93. The van der Waals surface area contributed by atoms with Gasteiger partial charge in [-0.1, -0.05) is 12.1 Å². The minimum absolute atomic E-state index is 0.271. The van der Waals surface area contributed by atoms with Crippen molar-refractivity contribution in [3.63, 3.8) is 0 Å². The van der Waals surface area contributed by atoms with Crippen molar-refractivity contribution in [2.75, 3.05) is 18.7 Å². The largest absolute Gasteiger partial charge is 0.494 e. The number of methoxy groups -OCH3 is 1. The molecule has 19 heavy (non-hydrogen) atoms. The van der Waals surface area contributed by atoms with E-state index in [0.29, 0.717) is 6.54 Å². The third-order valence-electron chi connectivity index (χ3n) is 2.78. The summed E-state index contributed by atoms with van der Waals surface area (Å²) in [7, 11) is 1.46. The van der Waals surface area contributed by atoms with Crippen LogP contribution in [-0.4, -0.2) is 13.4 Å². The first-order chi connectivity index (χ1) is 9.22. The Bertz CT molecular complexity index is 560. The fourth-order valence-electron chi connectivity index (χ4n) is 1.76. The van der Waals surface area contributed by atoms with Crippen molar-refractivity contribution >= 4 is 17.4 Å². The standard InChI is InChI=1S/C15H16FNOS/c1-18-15-7-6-11(8-14(15)16)10-17-12-4-3-5-13(9-12)19-2/h3-9,17H,10H2,1-2H3. The van der Waals surface area contributed by atoms with E-state index in [9.17, 15) is 4.39 Å². The lowest BCUT2D eigenvalue weighted by Crippen LogP contribution is -2.00. The molecule has 0 aliphatic carbocycles. The number of hydrogen-bond acceptors (Lipinski definition) is 3. The molecule has 0 amide bonds. The number of nitrogens with one attached hydrogen (secondary N) is 1. The second kappa shape index (κ2) is 6.48. The van der Waals surface area contributed by atoms with Crippen LogP contribution in [-0.2, 0) is 6.54 Å². The number of anilines is 1. The van der Waals surface area contributed by atoms with Crippen LogP contribution in [0.25, 0.3) is 0 Å². The highest BCUT2D eigenvalue weighted by molar-refractivity contribution is 7.98. The van der Waals surface area contributed by atoms with Gasteiger partial charge in [0.15, 0.2) is 11.6 Å². The van der Waals surface area contributed by atoms with Crippen LogP contribution in [0.1, 0.15) is 5.56 Å². The normalized spacial score (nSPS) is 10.3. The van der Waals surface area contributed by atoms with Gasteiger partial charge in [0, 0.05) is 17.1 Å². The highest BCUT2D eigenvalue weighted by Crippen LogP contribution is 2.21. The molecule has 0 saturated heterocycles. The zero-order chi connectivity index (χ0) is 13.7. The highest BCUT2D eigenvalue weighted by atomic mass is 32.2. The van der Waals surface area contributed by atoms with Crippen LogP contribution >= 0.6 is 11.8 Å². The molecule has 0 saturated carbocycles. The summed E-state index contributed by atoms with van der Waals surface area (Å²) >= 11 is 1.70. The molecular formula is C15H16FNOS. The molecule has 0 unspecified atom stereocenters. The molecule has 1 N–H and O–H groups in total. The minimum Gasteiger partial charge on any atom is -0.494 e. The Balaban J connectivity index is 2.03. The van der Waals surface area contributed by atoms with E-state index in [1.165, 1.54) is 18.1 Å². The molecule has 0 aromatic heterocycles. The minimum atomic E-state index is -0.334. The molecule has 4 heteroatoms. The smallest absolute Gasteiger partial charge is 0.165 e. The van der Waals surface area contributed by atoms with Crippen LogP contribution < -0.4 is 10.1 Å². The van der Waals surface area contributed by atoms with Gasteiger partial charge in [-0.3, -0.25) is 0 Å². The van der Waals surface area contributed by atoms with Crippen LogP contribution in [0.3, 0.4) is 0 Å². The lowest BCUT2D eigenvalue weighted by Gasteiger charge is -2.09.